The van der Waals surface area contributed by atoms with Crippen molar-refractivity contribution in [2.45, 2.75) is 13.2 Å². The summed E-state index contributed by atoms with van der Waals surface area (Å²) in [6.45, 7) is 0.394. The molecule has 116 valence electrons. The molecule has 0 aliphatic heterocycles. The van der Waals surface area contributed by atoms with E-state index in [2.05, 4.69) is 5.32 Å². The number of urea groups is 1. The van der Waals surface area contributed by atoms with E-state index in [1.807, 2.05) is 6.07 Å². The number of rotatable bonds is 5. The molecular weight excluding hydrogens is 294 g/mol. The minimum Gasteiger partial charge on any atom is -0.457 e. The summed E-state index contributed by atoms with van der Waals surface area (Å²) in [5.41, 5.74) is 7.49. The van der Waals surface area contributed by atoms with Crippen molar-refractivity contribution in [1.29, 1.82) is 5.26 Å². The number of nitrogens with one attached hydrogen (secondary N) is 1. The van der Waals surface area contributed by atoms with E-state index in [1.165, 1.54) is 0 Å². The third-order valence-corrected chi connectivity index (χ3v) is 3.08. The number of ether oxygens (including phenoxy) is 1. The Bertz CT molecular complexity index is 748. The number of primary amides is 1. The van der Waals surface area contributed by atoms with Crippen molar-refractivity contribution in [2.75, 3.05) is 0 Å². The summed E-state index contributed by atoms with van der Waals surface area (Å²) in [6, 6.07) is 15.0. The zero-order valence-electron chi connectivity index (χ0n) is 12.3. The second kappa shape index (κ2) is 7.61. The third-order valence-electron chi connectivity index (χ3n) is 3.08. The van der Waals surface area contributed by atoms with Crippen LogP contribution in [0.4, 0.5) is 4.79 Å². The maximum Gasteiger partial charge on any atom is 0.338 e. The Morgan fingerprint density at radius 3 is 2.52 bits per heavy atom. The Kier molecular flexibility index (Phi) is 5.31. The van der Waals surface area contributed by atoms with E-state index in [0.29, 0.717) is 17.7 Å². The fourth-order valence-corrected chi connectivity index (χ4v) is 1.91. The minimum absolute atomic E-state index is 0.0966. The Morgan fingerprint density at radius 2 is 1.87 bits per heavy atom. The highest BCUT2D eigenvalue weighted by atomic mass is 16.5. The smallest absolute Gasteiger partial charge is 0.338 e. The van der Waals surface area contributed by atoms with Gasteiger partial charge in [0.1, 0.15) is 6.61 Å². The lowest BCUT2D eigenvalue weighted by molar-refractivity contribution is 0.0472. The summed E-state index contributed by atoms with van der Waals surface area (Å²) in [4.78, 5) is 22.6. The number of benzene rings is 2. The molecule has 0 atom stereocenters. The van der Waals surface area contributed by atoms with Crippen molar-refractivity contribution in [3.8, 4) is 6.07 Å². The molecule has 0 aromatic heterocycles. The number of nitrogens with zero attached hydrogens (tertiary/aromatic N) is 1. The molecule has 0 saturated heterocycles. The van der Waals surface area contributed by atoms with Crippen LogP contribution in [0.15, 0.2) is 48.5 Å². The van der Waals surface area contributed by atoms with Gasteiger partial charge in [-0.15, -0.1) is 0 Å². The number of carbonyl (C=O) groups excluding carboxylic acids is 2. The molecule has 2 aromatic carbocycles. The second-order valence-corrected chi connectivity index (χ2v) is 4.80. The molecule has 0 spiro atoms. The minimum atomic E-state index is -0.604. The first-order valence-corrected chi connectivity index (χ1v) is 6.87. The first kappa shape index (κ1) is 16.0. The van der Waals surface area contributed by atoms with Gasteiger partial charge in [-0.05, 0) is 35.4 Å². The molecular formula is C17H15N3O3. The molecule has 3 N–H and O–H groups in total. The molecule has 0 aliphatic rings. The van der Waals surface area contributed by atoms with Crippen molar-refractivity contribution in [1.82, 2.24) is 5.32 Å². The van der Waals surface area contributed by atoms with E-state index in [-0.39, 0.29) is 6.61 Å². The van der Waals surface area contributed by atoms with E-state index in [9.17, 15) is 9.59 Å². The van der Waals surface area contributed by atoms with Gasteiger partial charge in [-0.25, -0.2) is 9.59 Å². The molecule has 23 heavy (non-hydrogen) atoms. The topological polar surface area (TPSA) is 105 Å². The van der Waals surface area contributed by atoms with Crippen molar-refractivity contribution in [3.05, 3.63) is 70.8 Å². The van der Waals surface area contributed by atoms with E-state index in [4.69, 9.17) is 15.7 Å². The molecule has 2 aromatic rings. The van der Waals surface area contributed by atoms with Gasteiger partial charge in [0.25, 0.3) is 0 Å². The van der Waals surface area contributed by atoms with Gasteiger partial charge in [0, 0.05) is 6.54 Å². The molecule has 2 rings (SSSR count). The number of hydrogen-bond donors (Lipinski definition) is 2. The standard InChI is InChI=1S/C17H15N3O3/c18-9-13-2-1-3-14(8-13)11-23-16(21)15-6-4-12(5-7-15)10-20-17(19)22/h1-8H,10-11H2,(H3,19,20,22). The van der Waals surface area contributed by atoms with Gasteiger partial charge >= 0.3 is 12.0 Å². The van der Waals surface area contributed by atoms with Gasteiger partial charge in [-0.1, -0.05) is 24.3 Å². The molecule has 0 bridgehead atoms. The quantitative estimate of drug-likeness (QED) is 0.825. The van der Waals surface area contributed by atoms with E-state index in [1.54, 1.807) is 48.5 Å². The summed E-state index contributed by atoms with van der Waals surface area (Å²) in [5, 5.41) is 11.3. The Hall–Kier alpha value is -3.33. The third kappa shape index (κ3) is 4.86. The first-order chi connectivity index (χ1) is 11.1. The summed E-state index contributed by atoms with van der Waals surface area (Å²) in [6.07, 6.45) is 0. The van der Waals surface area contributed by atoms with Gasteiger partial charge in [0.05, 0.1) is 17.2 Å². The Balaban J connectivity index is 1.92. The zero-order valence-corrected chi connectivity index (χ0v) is 12.3. The van der Waals surface area contributed by atoms with Crippen LogP contribution in [0.5, 0.6) is 0 Å². The monoisotopic (exact) mass is 309 g/mol. The molecule has 6 heteroatoms. The highest BCUT2D eigenvalue weighted by Crippen LogP contribution is 2.10. The number of nitrogens with two attached hydrogens (primary N) is 1. The Morgan fingerprint density at radius 1 is 1.13 bits per heavy atom. The second-order valence-electron chi connectivity index (χ2n) is 4.80. The predicted octanol–water partition coefficient (Wildman–Crippen LogP) is 2.08. The van der Waals surface area contributed by atoms with Gasteiger partial charge in [0.2, 0.25) is 0 Å². The van der Waals surface area contributed by atoms with Gasteiger partial charge in [-0.2, -0.15) is 5.26 Å². The van der Waals surface area contributed by atoms with Crippen LogP contribution in [0.1, 0.15) is 27.0 Å². The summed E-state index contributed by atoms with van der Waals surface area (Å²) in [7, 11) is 0. The van der Waals surface area contributed by atoms with Gasteiger partial charge < -0.3 is 15.8 Å². The molecule has 0 radical (unpaired) electrons. The van der Waals surface area contributed by atoms with E-state index < -0.39 is 12.0 Å². The number of hydrogen-bond acceptors (Lipinski definition) is 4. The molecule has 0 unspecified atom stereocenters. The summed E-state index contributed by atoms with van der Waals surface area (Å²) < 4.78 is 5.21. The van der Waals surface area contributed by atoms with Crippen LogP contribution in [-0.4, -0.2) is 12.0 Å². The largest absolute Gasteiger partial charge is 0.457 e. The van der Waals surface area contributed by atoms with Crippen molar-refractivity contribution in [3.63, 3.8) is 0 Å². The van der Waals surface area contributed by atoms with Crippen LogP contribution in [0, 0.1) is 11.3 Å². The molecule has 6 nitrogen and oxygen atoms in total. The highest BCUT2D eigenvalue weighted by molar-refractivity contribution is 5.89. The lowest BCUT2D eigenvalue weighted by Gasteiger charge is -2.06. The lowest BCUT2D eigenvalue weighted by Crippen LogP contribution is -2.28. The zero-order chi connectivity index (χ0) is 16.7. The SMILES string of the molecule is N#Cc1cccc(COC(=O)c2ccc(CNC(N)=O)cc2)c1. The van der Waals surface area contributed by atoms with E-state index in [0.717, 1.165) is 11.1 Å². The van der Waals surface area contributed by atoms with Crippen molar-refractivity contribution in [2.24, 2.45) is 5.73 Å². The Labute approximate surface area is 133 Å². The van der Waals surface area contributed by atoms with Crippen LogP contribution >= 0.6 is 0 Å². The van der Waals surface area contributed by atoms with Gasteiger partial charge in [-0.3, -0.25) is 0 Å². The molecule has 0 heterocycles. The maximum atomic E-state index is 12.0. The van der Waals surface area contributed by atoms with Crippen LogP contribution in [0.2, 0.25) is 0 Å². The molecule has 0 fully saturated rings. The number of nitriles is 1. The summed E-state index contributed by atoms with van der Waals surface area (Å²) >= 11 is 0. The van der Waals surface area contributed by atoms with Crippen LogP contribution in [0.25, 0.3) is 0 Å². The van der Waals surface area contributed by atoms with E-state index >= 15 is 0 Å². The summed E-state index contributed by atoms with van der Waals surface area (Å²) in [5.74, 6) is -0.457. The predicted molar refractivity (Wildman–Crippen MR) is 83.1 cm³/mol. The average Bonchev–Trinajstić information content (AvgIpc) is 2.58. The molecule has 2 amide bonds. The normalized spacial score (nSPS) is 9.70. The van der Waals surface area contributed by atoms with Gasteiger partial charge in [0.15, 0.2) is 0 Å². The van der Waals surface area contributed by atoms with Crippen LogP contribution < -0.4 is 11.1 Å². The highest BCUT2D eigenvalue weighted by Gasteiger charge is 2.08. The van der Waals surface area contributed by atoms with Crippen molar-refractivity contribution >= 4 is 12.0 Å². The van der Waals surface area contributed by atoms with Crippen molar-refractivity contribution < 1.29 is 14.3 Å². The van der Waals surface area contributed by atoms with Crippen LogP contribution in [-0.2, 0) is 17.9 Å². The fourth-order valence-electron chi connectivity index (χ4n) is 1.91. The fraction of sp³-hybridized carbons (Fsp3) is 0.118. The number of amides is 2. The molecule has 0 saturated carbocycles. The number of carbonyl (C=O) groups is 2. The number of esters is 1. The first-order valence-electron chi connectivity index (χ1n) is 6.87. The maximum absolute atomic E-state index is 12.0. The molecule has 0 aliphatic carbocycles. The average molecular weight is 309 g/mol. The lowest BCUT2D eigenvalue weighted by atomic mass is 10.1. The van der Waals surface area contributed by atoms with Crippen LogP contribution in [0.3, 0.4) is 0 Å².